The highest BCUT2D eigenvalue weighted by molar-refractivity contribution is 9.11. The van der Waals surface area contributed by atoms with Crippen molar-refractivity contribution in [1.82, 2.24) is 4.98 Å². The molecule has 2 heterocycles. The molecule has 4 nitrogen and oxygen atoms in total. The van der Waals surface area contributed by atoms with Crippen LogP contribution in [0, 0.1) is 0 Å². The first-order chi connectivity index (χ1) is 9.93. The molecule has 1 unspecified atom stereocenters. The molecule has 3 rings (SSSR count). The average Bonchev–Trinajstić information content (AvgIpc) is 2.80. The van der Waals surface area contributed by atoms with E-state index < -0.39 is 9.84 Å². The third kappa shape index (κ3) is 3.30. The number of sulfone groups is 1. The topological polar surface area (TPSA) is 59.1 Å². The molecule has 0 spiro atoms. The molecule has 1 aliphatic carbocycles. The fraction of sp³-hybridized carbons (Fsp3) is 0.357. The SMILES string of the molecule is CS(=O)(=O)c1ccc(NC2CCCc3sc(Br)cc32)cn1. The van der Waals surface area contributed by atoms with Crippen LogP contribution in [0.15, 0.2) is 33.2 Å². The van der Waals surface area contributed by atoms with Gasteiger partial charge in [0.15, 0.2) is 14.9 Å². The van der Waals surface area contributed by atoms with E-state index in [1.165, 1.54) is 16.7 Å². The fourth-order valence-corrected chi connectivity index (χ4v) is 4.94. The Balaban J connectivity index is 1.81. The van der Waals surface area contributed by atoms with Gasteiger partial charge in [-0.2, -0.15) is 0 Å². The minimum atomic E-state index is -3.24. The summed E-state index contributed by atoms with van der Waals surface area (Å²) in [4.78, 5) is 5.44. The van der Waals surface area contributed by atoms with Gasteiger partial charge in [0.05, 0.1) is 21.7 Å². The van der Waals surface area contributed by atoms with Crippen molar-refractivity contribution in [2.24, 2.45) is 0 Å². The average molecular weight is 387 g/mol. The smallest absolute Gasteiger partial charge is 0.192 e. The molecule has 0 saturated carbocycles. The monoisotopic (exact) mass is 386 g/mol. The van der Waals surface area contributed by atoms with Crippen LogP contribution in [0.2, 0.25) is 0 Å². The van der Waals surface area contributed by atoms with E-state index in [1.807, 2.05) is 0 Å². The summed E-state index contributed by atoms with van der Waals surface area (Å²) in [5, 5.41) is 3.56. The number of fused-ring (bicyclic) bond motifs is 1. The molecule has 7 heteroatoms. The summed E-state index contributed by atoms with van der Waals surface area (Å²) in [5.74, 6) is 0. The summed E-state index contributed by atoms with van der Waals surface area (Å²) in [6.45, 7) is 0. The maximum atomic E-state index is 11.4. The first-order valence-electron chi connectivity index (χ1n) is 6.64. The number of rotatable bonds is 3. The van der Waals surface area contributed by atoms with E-state index in [2.05, 4.69) is 32.3 Å². The van der Waals surface area contributed by atoms with Crippen LogP contribution in [0.5, 0.6) is 0 Å². The summed E-state index contributed by atoms with van der Waals surface area (Å²) in [7, 11) is -3.24. The minimum Gasteiger partial charge on any atom is -0.377 e. The van der Waals surface area contributed by atoms with Crippen molar-refractivity contribution < 1.29 is 8.42 Å². The van der Waals surface area contributed by atoms with Crippen LogP contribution in [0.3, 0.4) is 0 Å². The Labute approximate surface area is 136 Å². The van der Waals surface area contributed by atoms with Crippen molar-refractivity contribution in [3.8, 4) is 0 Å². The molecular formula is C14H15BrN2O2S2. The molecule has 2 aromatic rings. The number of nitrogens with zero attached hydrogens (tertiary/aromatic N) is 1. The molecule has 0 bridgehead atoms. The van der Waals surface area contributed by atoms with Gasteiger partial charge in [0.1, 0.15) is 0 Å². The summed E-state index contributed by atoms with van der Waals surface area (Å²) < 4.78 is 24.0. The molecule has 112 valence electrons. The van der Waals surface area contributed by atoms with Gasteiger partial charge in [0.25, 0.3) is 0 Å². The van der Waals surface area contributed by atoms with Crippen LogP contribution in [0.25, 0.3) is 0 Å². The molecule has 0 saturated heterocycles. The second-order valence-corrected chi connectivity index (χ2v) is 9.65. The number of hydrogen-bond acceptors (Lipinski definition) is 5. The van der Waals surface area contributed by atoms with Gasteiger partial charge >= 0.3 is 0 Å². The van der Waals surface area contributed by atoms with Crippen molar-refractivity contribution in [1.29, 1.82) is 0 Å². The zero-order chi connectivity index (χ0) is 15.0. The normalized spacial score (nSPS) is 18.3. The number of aryl methyl sites for hydroxylation is 1. The predicted molar refractivity (Wildman–Crippen MR) is 88.7 cm³/mol. The molecule has 1 aliphatic rings. The van der Waals surface area contributed by atoms with Crippen molar-refractivity contribution in [3.63, 3.8) is 0 Å². The van der Waals surface area contributed by atoms with Gasteiger partial charge in [-0.3, -0.25) is 0 Å². The lowest BCUT2D eigenvalue weighted by Crippen LogP contribution is -2.15. The highest BCUT2D eigenvalue weighted by atomic mass is 79.9. The van der Waals surface area contributed by atoms with Crippen molar-refractivity contribution in [3.05, 3.63) is 38.6 Å². The Morgan fingerprint density at radius 2 is 2.24 bits per heavy atom. The van der Waals surface area contributed by atoms with E-state index >= 15 is 0 Å². The maximum absolute atomic E-state index is 11.4. The Kier molecular flexibility index (Phi) is 4.07. The molecule has 0 fully saturated rings. The van der Waals surface area contributed by atoms with Gasteiger partial charge in [-0.05, 0) is 59.0 Å². The lowest BCUT2D eigenvalue weighted by Gasteiger charge is -2.24. The number of halogens is 1. The van der Waals surface area contributed by atoms with Gasteiger partial charge < -0.3 is 5.32 Å². The van der Waals surface area contributed by atoms with E-state index in [9.17, 15) is 8.42 Å². The Morgan fingerprint density at radius 3 is 2.90 bits per heavy atom. The van der Waals surface area contributed by atoms with Gasteiger partial charge in [-0.25, -0.2) is 13.4 Å². The first kappa shape index (κ1) is 15.0. The second kappa shape index (κ2) is 5.70. The van der Waals surface area contributed by atoms with Crippen LogP contribution >= 0.6 is 27.3 Å². The molecule has 1 N–H and O–H groups in total. The molecular weight excluding hydrogens is 372 g/mol. The lowest BCUT2D eigenvalue weighted by molar-refractivity contribution is 0.598. The summed E-state index contributed by atoms with van der Waals surface area (Å²) in [5.41, 5.74) is 2.19. The molecule has 2 aromatic heterocycles. The molecule has 0 radical (unpaired) electrons. The van der Waals surface area contributed by atoms with Gasteiger partial charge in [0, 0.05) is 11.1 Å². The third-order valence-corrected chi connectivity index (χ3v) is 6.26. The van der Waals surface area contributed by atoms with Crippen molar-refractivity contribution >= 4 is 42.8 Å². The Hall–Kier alpha value is -0.920. The standard InChI is InChI=1S/C14H15BrN2O2S2/c1-21(18,19)14-6-5-9(8-16-14)17-11-3-2-4-12-10(11)7-13(15)20-12/h5-8,11,17H,2-4H2,1H3. The Morgan fingerprint density at radius 1 is 1.43 bits per heavy atom. The molecule has 0 aromatic carbocycles. The number of thiophene rings is 1. The Bertz CT molecular complexity index is 754. The number of hydrogen-bond donors (Lipinski definition) is 1. The molecule has 21 heavy (non-hydrogen) atoms. The fourth-order valence-electron chi connectivity index (χ4n) is 2.56. The number of pyridine rings is 1. The van der Waals surface area contributed by atoms with E-state index in [4.69, 9.17) is 0 Å². The summed E-state index contributed by atoms with van der Waals surface area (Å²) in [6, 6.07) is 5.77. The molecule has 1 atom stereocenters. The number of nitrogens with one attached hydrogen (secondary N) is 1. The molecule has 0 amide bonds. The highest BCUT2D eigenvalue weighted by Crippen LogP contribution is 2.39. The quantitative estimate of drug-likeness (QED) is 0.871. The first-order valence-corrected chi connectivity index (χ1v) is 10.1. The summed E-state index contributed by atoms with van der Waals surface area (Å²) in [6.07, 6.45) is 6.12. The van der Waals surface area contributed by atoms with Gasteiger partial charge in [0.2, 0.25) is 0 Å². The van der Waals surface area contributed by atoms with Crippen LogP contribution in [-0.4, -0.2) is 19.7 Å². The van der Waals surface area contributed by atoms with E-state index in [0.717, 1.165) is 28.7 Å². The highest BCUT2D eigenvalue weighted by Gasteiger charge is 2.22. The van der Waals surface area contributed by atoms with Crippen LogP contribution in [-0.2, 0) is 16.3 Å². The zero-order valence-electron chi connectivity index (χ0n) is 11.5. The van der Waals surface area contributed by atoms with Crippen LogP contribution in [0.1, 0.15) is 29.3 Å². The predicted octanol–water partition coefficient (Wildman–Crippen LogP) is 3.80. The maximum Gasteiger partial charge on any atom is 0.192 e. The number of aromatic nitrogens is 1. The summed E-state index contributed by atoms with van der Waals surface area (Å²) >= 11 is 5.34. The van der Waals surface area contributed by atoms with Crippen LogP contribution in [0.4, 0.5) is 5.69 Å². The van der Waals surface area contributed by atoms with Crippen LogP contribution < -0.4 is 5.32 Å². The van der Waals surface area contributed by atoms with Gasteiger partial charge in [-0.15, -0.1) is 11.3 Å². The number of anilines is 1. The van der Waals surface area contributed by atoms with Crippen molar-refractivity contribution in [2.45, 2.75) is 30.3 Å². The second-order valence-electron chi connectivity index (χ2n) is 5.18. The van der Waals surface area contributed by atoms with E-state index in [-0.39, 0.29) is 11.1 Å². The zero-order valence-corrected chi connectivity index (χ0v) is 14.7. The third-order valence-electron chi connectivity index (χ3n) is 3.54. The molecule has 0 aliphatic heterocycles. The van der Waals surface area contributed by atoms with Gasteiger partial charge in [-0.1, -0.05) is 0 Å². The largest absolute Gasteiger partial charge is 0.377 e. The van der Waals surface area contributed by atoms with E-state index in [0.29, 0.717) is 0 Å². The van der Waals surface area contributed by atoms with E-state index in [1.54, 1.807) is 29.7 Å². The van der Waals surface area contributed by atoms with Crippen molar-refractivity contribution in [2.75, 3.05) is 11.6 Å². The lowest BCUT2D eigenvalue weighted by atomic mass is 9.94. The minimum absolute atomic E-state index is 0.107.